The van der Waals surface area contributed by atoms with Crippen molar-refractivity contribution in [2.75, 3.05) is 15.4 Å². The number of halogens is 3. The molecule has 0 atom stereocenters. The van der Waals surface area contributed by atoms with Crippen molar-refractivity contribution in [2.24, 2.45) is 0 Å². The summed E-state index contributed by atoms with van der Waals surface area (Å²) in [6.45, 7) is 0. The normalized spacial score (nSPS) is 11.7. The highest BCUT2D eigenvalue weighted by Gasteiger charge is 2.30. The molecular formula is C17H13F3N4O3S2. The summed E-state index contributed by atoms with van der Waals surface area (Å²) in [5, 5.41) is 6.54. The molecule has 7 nitrogen and oxygen atoms in total. The molecule has 0 saturated heterocycles. The van der Waals surface area contributed by atoms with Gasteiger partial charge in [0.25, 0.3) is 10.0 Å². The molecular weight excluding hydrogens is 429 g/mol. The third kappa shape index (κ3) is 5.45. The summed E-state index contributed by atoms with van der Waals surface area (Å²) in [7, 11) is -3.83. The summed E-state index contributed by atoms with van der Waals surface area (Å²) in [4.78, 5) is 15.8. The number of hydrogen-bond donors (Lipinski definition) is 3. The number of anilines is 3. The third-order valence-electron chi connectivity index (χ3n) is 3.52. The van der Waals surface area contributed by atoms with Crippen molar-refractivity contribution in [3.05, 3.63) is 65.7 Å². The van der Waals surface area contributed by atoms with E-state index in [9.17, 15) is 26.4 Å². The maximum absolute atomic E-state index is 12.7. The first kappa shape index (κ1) is 20.6. The molecule has 0 aliphatic heterocycles. The average molecular weight is 442 g/mol. The van der Waals surface area contributed by atoms with Crippen LogP contribution in [0.15, 0.2) is 65.0 Å². The lowest BCUT2D eigenvalue weighted by Gasteiger charge is -2.11. The maximum Gasteiger partial charge on any atom is 0.416 e. The van der Waals surface area contributed by atoms with Gasteiger partial charge in [-0.25, -0.2) is 18.2 Å². The standard InChI is InChI=1S/C17H13F3N4O3S2/c18-17(19,20)11-2-1-3-13(10-11)23-15(25)22-12-4-6-14(7-5-12)29(26,27)24-16-21-8-9-28-16/h1-10H,(H,21,24)(H2,22,23,25). The fourth-order valence-electron chi connectivity index (χ4n) is 2.23. The summed E-state index contributed by atoms with van der Waals surface area (Å²) in [5.74, 6) is 0. The zero-order chi connectivity index (χ0) is 21.1. The van der Waals surface area contributed by atoms with Crippen LogP contribution >= 0.6 is 11.3 Å². The van der Waals surface area contributed by atoms with E-state index in [0.29, 0.717) is 0 Å². The Morgan fingerprint density at radius 2 is 1.69 bits per heavy atom. The second-order valence-corrected chi connectivity index (χ2v) is 8.20. The van der Waals surface area contributed by atoms with E-state index in [0.717, 1.165) is 23.5 Å². The number of hydrogen-bond acceptors (Lipinski definition) is 5. The molecule has 0 radical (unpaired) electrons. The summed E-state index contributed by atoms with van der Waals surface area (Å²) >= 11 is 1.12. The molecule has 3 rings (SSSR count). The largest absolute Gasteiger partial charge is 0.416 e. The lowest BCUT2D eigenvalue weighted by molar-refractivity contribution is -0.137. The average Bonchev–Trinajstić information content (AvgIpc) is 3.14. The molecule has 1 heterocycles. The Hall–Kier alpha value is -3.12. The van der Waals surface area contributed by atoms with Crippen LogP contribution in [0.3, 0.4) is 0 Å². The van der Waals surface area contributed by atoms with Crippen LogP contribution in [0.2, 0.25) is 0 Å². The first-order valence-electron chi connectivity index (χ1n) is 7.91. The Morgan fingerprint density at radius 3 is 2.31 bits per heavy atom. The van der Waals surface area contributed by atoms with Crippen LogP contribution in [0.25, 0.3) is 0 Å². The number of rotatable bonds is 5. The number of nitrogens with one attached hydrogen (secondary N) is 3. The van der Waals surface area contributed by atoms with Crippen molar-refractivity contribution in [1.29, 1.82) is 0 Å². The third-order valence-corrected chi connectivity index (χ3v) is 5.70. The smallest absolute Gasteiger partial charge is 0.308 e. The van der Waals surface area contributed by atoms with Gasteiger partial charge >= 0.3 is 12.2 Å². The van der Waals surface area contributed by atoms with Gasteiger partial charge in [-0.05, 0) is 42.5 Å². The van der Waals surface area contributed by atoms with Crippen molar-refractivity contribution in [3.8, 4) is 0 Å². The molecule has 0 saturated carbocycles. The molecule has 2 amide bonds. The van der Waals surface area contributed by atoms with Crippen LogP contribution in [0.1, 0.15) is 5.56 Å². The van der Waals surface area contributed by atoms with E-state index in [1.807, 2.05) is 0 Å². The summed E-state index contributed by atoms with van der Waals surface area (Å²) in [6, 6.07) is 8.65. The van der Waals surface area contributed by atoms with E-state index in [2.05, 4.69) is 20.3 Å². The first-order chi connectivity index (χ1) is 13.6. The lowest BCUT2D eigenvalue weighted by Crippen LogP contribution is -2.20. The van der Waals surface area contributed by atoms with Gasteiger partial charge in [0.15, 0.2) is 5.13 Å². The van der Waals surface area contributed by atoms with Gasteiger partial charge in [-0.1, -0.05) is 6.07 Å². The van der Waals surface area contributed by atoms with Crippen molar-refractivity contribution in [2.45, 2.75) is 11.1 Å². The Bertz CT molecular complexity index is 1100. The predicted octanol–water partition coefficient (Wildman–Crippen LogP) is 4.61. The van der Waals surface area contributed by atoms with Gasteiger partial charge in [0.2, 0.25) is 0 Å². The topological polar surface area (TPSA) is 100 Å². The SMILES string of the molecule is O=C(Nc1ccc(S(=O)(=O)Nc2nccs2)cc1)Nc1cccc(C(F)(F)F)c1. The van der Waals surface area contributed by atoms with Crippen molar-refractivity contribution in [1.82, 2.24) is 4.98 Å². The quantitative estimate of drug-likeness (QED) is 0.537. The van der Waals surface area contributed by atoms with E-state index in [1.165, 1.54) is 42.6 Å². The number of carbonyl (C=O) groups is 1. The van der Waals surface area contributed by atoms with E-state index in [4.69, 9.17) is 0 Å². The van der Waals surface area contributed by atoms with Crippen LogP contribution in [-0.4, -0.2) is 19.4 Å². The van der Waals surface area contributed by atoms with Crippen molar-refractivity contribution in [3.63, 3.8) is 0 Å². The molecule has 0 aliphatic rings. The molecule has 0 fully saturated rings. The van der Waals surface area contributed by atoms with Crippen LogP contribution in [-0.2, 0) is 16.2 Å². The number of thiazole rings is 1. The van der Waals surface area contributed by atoms with Crippen LogP contribution in [0, 0.1) is 0 Å². The fraction of sp³-hybridized carbons (Fsp3) is 0.0588. The molecule has 12 heteroatoms. The van der Waals surface area contributed by atoms with E-state index in [1.54, 1.807) is 5.38 Å². The van der Waals surface area contributed by atoms with E-state index in [-0.39, 0.29) is 21.4 Å². The highest BCUT2D eigenvalue weighted by Crippen LogP contribution is 2.30. The molecule has 3 aromatic rings. The minimum Gasteiger partial charge on any atom is -0.308 e. The minimum atomic E-state index is -4.53. The molecule has 3 N–H and O–H groups in total. The number of nitrogens with zero attached hydrogens (tertiary/aromatic N) is 1. The molecule has 152 valence electrons. The van der Waals surface area contributed by atoms with Gasteiger partial charge in [0.1, 0.15) is 0 Å². The predicted molar refractivity (Wildman–Crippen MR) is 103 cm³/mol. The molecule has 2 aromatic carbocycles. The maximum atomic E-state index is 12.7. The highest BCUT2D eigenvalue weighted by molar-refractivity contribution is 7.93. The molecule has 0 spiro atoms. The number of carbonyl (C=O) groups excluding carboxylic acids is 1. The van der Waals surface area contributed by atoms with Crippen LogP contribution in [0.5, 0.6) is 0 Å². The monoisotopic (exact) mass is 442 g/mol. The van der Waals surface area contributed by atoms with Gasteiger partial charge in [0, 0.05) is 23.0 Å². The second kappa shape index (κ2) is 8.09. The van der Waals surface area contributed by atoms with Gasteiger partial charge in [-0.15, -0.1) is 11.3 Å². The molecule has 0 aliphatic carbocycles. The molecule has 1 aromatic heterocycles. The summed E-state index contributed by atoms with van der Waals surface area (Å²) < 4.78 is 65.0. The minimum absolute atomic E-state index is 0.0378. The molecule has 0 unspecified atom stereocenters. The Labute approximate surface area is 167 Å². The second-order valence-electron chi connectivity index (χ2n) is 5.62. The number of alkyl halides is 3. The zero-order valence-electron chi connectivity index (χ0n) is 14.4. The Kier molecular flexibility index (Phi) is 5.75. The van der Waals surface area contributed by atoms with Gasteiger partial charge < -0.3 is 10.6 Å². The summed E-state index contributed by atoms with van der Waals surface area (Å²) in [5.41, 5.74) is -0.676. The van der Waals surface area contributed by atoms with Gasteiger partial charge in [-0.3, -0.25) is 4.72 Å². The van der Waals surface area contributed by atoms with E-state index < -0.39 is 27.8 Å². The number of benzene rings is 2. The number of urea groups is 1. The summed E-state index contributed by atoms with van der Waals surface area (Å²) in [6.07, 6.45) is -3.07. The first-order valence-corrected chi connectivity index (χ1v) is 10.3. The number of aromatic nitrogens is 1. The van der Waals surface area contributed by atoms with Crippen LogP contribution in [0.4, 0.5) is 34.5 Å². The lowest BCUT2D eigenvalue weighted by atomic mass is 10.2. The van der Waals surface area contributed by atoms with Gasteiger partial charge in [-0.2, -0.15) is 13.2 Å². The Balaban J connectivity index is 1.64. The zero-order valence-corrected chi connectivity index (χ0v) is 16.0. The fourth-order valence-corrected chi connectivity index (χ4v) is 4.02. The molecule has 29 heavy (non-hydrogen) atoms. The molecule has 0 bridgehead atoms. The Morgan fingerprint density at radius 1 is 1.00 bits per heavy atom. The van der Waals surface area contributed by atoms with Crippen molar-refractivity contribution >= 4 is 43.9 Å². The van der Waals surface area contributed by atoms with Crippen molar-refractivity contribution < 1.29 is 26.4 Å². The van der Waals surface area contributed by atoms with Gasteiger partial charge in [0.05, 0.1) is 10.5 Å². The number of sulfonamides is 1. The van der Waals surface area contributed by atoms with Crippen LogP contribution < -0.4 is 15.4 Å². The number of amides is 2. The van der Waals surface area contributed by atoms with E-state index >= 15 is 0 Å². The highest BCUT2D eigenvalue weighted by atomic mass is 32.2.